The van der Waals surface area contributed by atoms with E-state index in [2.05, 4.69) is 40.1 Å². The Morgan fingerprint density at radius 1 is 1.33 bits per heavy atom. The minimum atomic E-state index is 0.552. The van der Waals surface area contributed by atoms with Gasteiger partial charge in [-0.15, -0.1) is 0 Å². The zero-order valence-corrected chi connectivity index (χ0v) is 11.1. The van der Waals surface area contributed by atoms with Gasteiger partial charge >= 0.3 is 0 Å². The van der Waals surface area contributed by atoms with E-state index in [1.165, 1.54) is 25.7 Å². The molecule has 0 heterocycles. The lowest BCUT2D eigenvalue weighted by molar-refractivity contribution is 0.0418. The average Bonchev–Trinajstić information content (AvgIpc) is 2.64. The van der Waals surface area contributed by atoms with Crippen molar-refractivity contribution in [2.75, 3.05) is 7.05 Å². The third-order valence-electron chi connectivity index (χ3n) is 5.59. The molecule has 0 saturated heterocycles. The molecule has 2 saturated carbocycles. The largest absolute Gasteiger partial charge is 0.317 e. The standard InChI is InChI=1S/C14H27N/c1-6-11(15-5)12-13(2,3)10-7-8-14(12,4)9-10/h10-12,15H,6-9H2,1-5H3. The molecule has 4 atom stereocenters. The number of fused-ring (bicyclic) bond motifs is 2. The maximum absolute atomic E-state index is 3.56. The van der Waals surface area contributed by atoms with Crippen molar-refractivity contribution in [3.05, 3.63) is 0 Å². The number of nitrogens with one attached hydrogen (secondary N) is 1. The van der Waals surface area contributed by atoms with Gasteiger partial charge < -0.3 is 5.32 Å². The van der Waals surface area contributed by atoms with E-state index in [0.29, 0.717) is 10.8 Å². The first-order valence-corrected chi connectivity index (χ1v) is 6.63. The molecular formula is C14H27N. The second-order valence-electron chi connectivity index (χ2n) is 6.70. The van der Waals surface area contributed by atoms with Gasteiger partial charge in [0.2, 0.25) is 0 Å². The first kappa shape index (κ1) is 11.4. The Balaban J connectivity index is 2.29. The van der Waals surface area contributed by atoms with Crippen molar-refractivity contribution < 1.29 is 0 Å². The van der Waals surface area contributed by atoms with Gasteiger partial charge in [0.1, 0.15) is 0 Å². The van der Waals surface area contributed by atoms with Crippen LogP contribution >= 0.6 is 0 Å². The highest BCUT2D eigenvalue weighted by molar-refractivity contribution is 5.10. The molecule has 1 N–H and O–H groups in total. The smallest absolute Gasteiger partial charge is 0.0100 e. The van der Waals surface area contributed by atoms with Gasteiger partial charge in [-0.05, 0) is 55.4 Å². The summed E-state index contributed by atoms with van der Waals surface area (Å²) in [7, 11) is 2.14. The summed E-state index contributed by atoms with van der Waals surface area (Å²) in [6, 6.07) is 0.718. The molecule has 2 bridgehead atoms. The van der Waals surface area contributed by atoms with E-state index in [1.807, 2.05) is 0 Å². The Bertz CT molecular complexity index is 237. The molecule has 2 aliphatic carbocycles. The minimum Gasteiger partial charge on any atom is -0.317 e. The van der Waals surface area contributed by atoms with Gasteiger partial charge in [-0.25, -0.2) is 0 Å². The van der Waals surface area contributed by atoms with Gasteiger partial charge in [-0.3, -0.25) is 0 Å². The Morgan fingerprint density at radius 2 is 2.00 bits per heavy atom. The van der Waals surface area contributed by atoms with Crippen LogP contribution in [0.25, 0.3) is 0 Å². The number of rotatable bonds is 3. The van der Waals surface area contributed by atoms with Gasteiger partial charge in [0.15, 0.2) is 0 Å². The molecule has 0 aromatic carbocycles. The molecule has 4 unspecified atom stereocenters. The summed E-state index contributed by atoms with van der Waals surface area (Å²) in [5.41, 5.74) is 1.18. The predicted molar refractivity (Wildman–Crippen MR) is 65.9 cm³/mol. The molecule has 15 heavy (non-hydrogen) atoms. The average molecular weight is 209 g/mol. The molecule has 1 heteroatoms. The molecular weight excluding hydrogens is 182 g/mol. The number of hydrogen-bond acceptors (Lipinski definition) is 1. The van der Waals surface area contributed by atoms with Gasteiger partial charge in [-0.2, -0.15) is 0 Å². The lowest BCUT2D eigenvalue weighted by Gasteiger charge is -2.47. The molecule has 2 fully saturated rings. The van der Waals surface area contributed by atoms with Crippen LogP contribution in [0, 0.1) is 22.7 Å². The predicted octanol–water partition coefficient (Wildman–Crippen LogP) is 3.45. The Kier molecular flexibility index (Phi) is 2.65. The molecule has 88 valence electrons. The fourth-order valence-electron chi connectivity index (χ4n) is 4.95. The van der Waals surface area contributed by atoms with Crippen molar-refractivity contribution in [3.8, 4) is 0 Å². The number of hydrogen-bond donors (Lipinski definition) is 1. The normalized spacial score (nSPS) is 44.6. The van der Waals surface area contributed by atoms with E-state index in [4.69, 9.17) is 0 Å². The van der Waals surface area contributed by atoms with Crippen LogP contribution in [0.2, 0.25) is 0 Å². The van der Waals surface area contributed by atoms with Gasteiger partial charge in [-0.1, -0.05) is 27.7 Å². The van der Waals surface area contributed by atoms with Crippen molar-refractivity contribution in [1.29, 1.82) is 0 Å². The summed E-state index contributed by atoms with van der Waals surface area (Å²) >= 11 is 0. The van der Waals surface area contributed by atoms with Crippen LogP contribution in [0.15, 0.2) is 0 Å². The Labute approximate surface area is 95.0 Å². The molecule has 0 aromatic rings. The Hall–Kier alpha value is -0.0400. The van der Waals surface area contributed by atoms with Crippen LogP contribution in [0.3, 0.4) is 0 Å². The summed E-state index contributed by atoms with van der Waals surface area (Å²) < 4.78 is 0. The fraction of sp³-hybridized carbons (Fsp3) is 1.00. The van der Waals surface area contributed by atoms with Crippen molar-refractivity contribution >= 4 is 0 Å². The molecule has 0 spiro atoms. The maximum atomic E-state index is 3.56. The van der Waals surface area contributed by atoms with Crippen molar-refractivity contribution in [2.45, 2.75) is 59.4 Å². The van der Waals surface area contributed by atoms with Crippen LogP contribution in [-0.4, -0.2) is 13.1 Å². The maximum Gasteiger partial charge on any atom is 0.0100 e. The summed E-state index contributed by atoms with van der Waals surface area (Å²) in [4.78, 5) is 0. The van der Waals surface area contributed by atoms with Crippen molar-refractivity contribution in [3.63, 3.8) is 0 Å². The van der Waals surface area contributed by atoms with Crippen molar-refractivity contribution in [1.82, 2.24) is 5.32 Å². The lowest BCUT2D eigenvalue weighted by atomic mass is 9.60. The van der Waals surface area contributed by atoms with Crippen LogP contribution in [0.1, 0.15) is 53.4 Å². The van der Waals surface area contributed by atoms with E-state index in [0.717, 1.165) is 17.9 Å². The van der Waals surface area contributed by atoms with Crippen molar-refractivity contribution in [2.24, 2.45) is 22.7 Å². The molecule has 0 aliphatic heterocycles. The SMILES string of the molecule is CCC(NC)C1C2(C)CCC(C2)C1(C)C. The molecule has 0 radical (unpaired) electrons. The molecule has 0 aromatic heterocycles. The van der Waals surface area contributed by atoms with Crippen LogP contribution in [-0.2, 0) is 0 Å². The van der Waals surface area contributed by atoms with Crippen LogP contribution < -0.4 is 5.32 Å². The van der Waals surface area contributed by atoms with E-state index >= 15 is 0 Å². The second-order valence-corrected chi connectivity index (χ2v) is 6.70. The highest BCUT2D eigenvalue weighted by atomic mass is 14.9. The van der Waals surface area contributed by atoms with Crippen LogP contribution in [0.4, 0.5) is 0 Å². The van der Waals surface area contributed by atoms with E-state index in [9.17, 15) is 0 Å². The van der Waals surface area contributed by atoms with E-state index < -0.39 is 0 Å². The van der Waals surface area contributed by atoms with Gasteiger partial charge in [0.05, 0.1) is 0 Å². The highest BCUT2D eigenvalue weighted by Gasteiger charge is 2.60. The fourth-order valence-corrected chi connectivity index (χ4v) is 4.95. The molecule has 0 amide bonds. The quantitative estimate of drug-likeness (QED) is 0.750. The third-order valence-corrected chi connectivity index (χ3v) is 5.59. The first-order chi connectivity index (χ1) is 6.95. The summed E-state index contributed by atoms with van der Waals surface area (Å²) in [6.07, 6.45) is 5.68. The molecule has 1 nitrogen and oxygen atoms in total. The molecule has 2 rings (SSSR count). The monoisotopic (exact) mass is 209 g/mol. The minimum absolute atomic E-state index is 0.552. The zero-order valence-electron chi connectivity index (χ0n) is 11.1. The van der Waals surface area contributed by atoms with E-state index in [-0.39, 0.29) is 0 Å². The van der Waals surface area contributed by atoms with E-state index in [1.54, 1.807) is 0 Å². The summed E-state index contributed by atoms with van der Waals surface area (Å²) in [5, 5.41) is 3.56. The second kappa shape index (κ2) is 3.48. The Morgan fingerprint density at radius 3 is 2.40 bits per heavy atom. The summed E-state index contributed by atoms with van der Waals surface area (Å²) in [6.45, 7) is 9.87. The zero-order chi connectivity index (χ0) is 11.3. The topological polar surface area (TPSA) is 12.0 Å². The lowest BCUT2D eigenvalue weighted by Crippen LogP contribution is -2.47. The summed E-state index contributed by atoms with van der Waals surface area (Å²) in [5.74, 6) is 1.86. The van der Waals surface area contributed by atoms with Crippen LogP contribution in [0.5, 0.6) is 0 Å². The first-order valence-electron chi connectivity index (χ1n) is 6.63. The van der Waals surface area contributed by atoms with Gasteiger partial charge in [0, 0.05) is 6.04 Å². The third kappa shape index (κ3) is 1.46. The highest BCUT2D eigenvalue weighted by Crippen LogP contribution is 2.67. The van der Waals surface area contributed by atoms with Gasteiger partial charge in [0.25, 0.3) is 0 Å². The molecule has 2 aliphatic rings.